The minimum atomic E-state index is -0.230. The summed E-state index contributed by atoms with van der Waals surface area (Å²) in [7, 11) is 1.39. The largest absolute Gasteiger partial charge is 0.469 e. The summed E-state index contributed by atoms with van der Waals surface area (Å²) in [5.41, 5.74) is 0. The molecule has 96 valence electrons. The smallest absolute Gasteiger partial charge is 0.310 e. The van der Waals surface area contributed by atoms with Crippen LogP contribution < -0.4 is 10.6 Å². The van der Waals surface area contributed by atoms with Gasteiger partial charge in [-0.25, -0.2) is 0 Å². The molecule has 6 heteroatoms. The van der Waals surface area contributed by atoms with Gasteiger partial charge in [-0.2, -0.15) is 0 Å². The number of hydrogen-bond acceptors (Lipinski definition) is 3. The Labute approximate surface area is 114 Å². The molecule has 0 rings (SSSR count). The fourth-order valence-corrected chi connectivity index (χ4v) is 1.01. The van der Waals surface area contributed by atoms with Crippen LogP contribution in [-0.2, 0) is 9.53 Å². The van der Waals surface area contributed by atoms with E-state index < -0.39 is 0 Å². The number of aliphatic imine (C=N–C) groups is 1. The van der Waals surface area contributed by atoms with Crippen molar-refractivity contribution in [3.8, 4) is 0 Å². The molecule has 0 aromatic carbocycles. The fourth-order valence-electron chi connectivity index (χ4n) is 1.01. The van der Waals surface area contributed by atoms with Crippen LogP contribution in [0.2, 0.25) is 0 Å². The SMILES string of the molecule is CCNC(=NCC(C)C(=O)OC)NCC.I. The highest BCUT2D eigenvalue weighted by Gasteiger charge is 2.12. The number of nitrogens with one attached hydrogen (secondary N) is 2. The molecule has 0 saturated heterocycles. The van der Waals surface area contributed by atoms with Crippen molar-refractivity contribution in [3.05, 3.63) is 0 Å². The van der Waals surface area contributed by atoms with Crippen molar-refractivity contribution in [3.63, 3.8) is 0 Å². The first-order chi connectivity index (χ1) is 7.15. The predicted molar refractivity (Wildman–Crippen MR) is 76.3 cm³/mol. The molecule has 0 fully saturated rings. The fraction of sp³-hybridized carbons (Fsp3) is 0.800. The first-order valence-electron chi connectivity index (χ1n) is 5.25. The molecule has 0 radical (unpaired) electrons. The van der Waals surface area contributed by atoms with Crippen molar-refractivity contribution in [1.82, 2.24) is 10.6 Å². The number of carbonyl (C=O) groups is 1. The van der Waals surface area contributed by atoms with Crippen molar-refractivity contribution in [2.24, 2.45) is 10.9 Å². The molecule has 1 unspecified atom stereocenters. The van der Waals surface area contributed by atoms with Crippen LogP contribution in [0.25, 0.3) is 0 Å². The molecule has 0 aromatic rings. The number of carbonyl (C=O) groups excluding carboxylic acids is 1. The van der Waals surface area contributed by atoms with Crippen molar-refractivity contribution < 1.29 is 9.53 Å². The normalized spacial score (nSPS) is 10.8. The lowest BCUT2D eigenvalue weighted by Gasteiger charge is -2.11. The van der Waals surface area contributed by atoms with E-state index in [0.29, 0.717) is 6.54 Å². The van der Waals surface area contributed by atoms with Crippen LogP contribution in [0.4, 0.5) is 0 Å². The zero-order valence-electron chi connectivity index (χ0n) is 10.4. The van der Waals surface area contributed by atoms with E-state index in [1.165, 1.54) is 7.11 Å². The lowest BCUT2D eigenvalue weighted by Crippen LogP contribution is -2.37. The molecule has 0 amide bonds. The average Bonchev–Trinajstić information content (AvgIpc) is 2.25. The number of ether oxygens (including phenoxy) is 1. The van der Waals surface area contributed by atoms with E-state index in [0.717, 1.165) is 19.0 Å². The van der Waals surface area contributed by atoms with E-state index in [2.05, 4.69) is 20.4 Å². The standard InChI is InChI=1S/C10H21N3O2.HI/c1-5-11-10(12-6-2)13-7-8(3)9(14)15-4;/h8H,5-7H2,1-4H3,(H2,11,12,13);1H. The van der Waals surface area contributed by atoms with E-state index >= 15 is 0 Å². The second-order valence-electron chi connectivity index (χ2n) is 3.17. The monoisotopic (exact) mass is 343 g/mol. The van der Waals surface area contributed by atoms with Crippen LogP contribution in [0.5, 0.6) is 0 Å². The molecule has 0 aliphatic rings. The number of guanidine groups is 1. The van der Waals surface area contributed by atoms with E-state index in [1.54, 1.807) is 6.92 Å². The maximum absolute atomic E-state index is 11.1. The Bertz CT molecular complexity index is 214. The Balaban J connectivity index is 0. The maximum Gasteiger partial charge on any atom is 0.310 e. The van der Waals surface area contributed by atoms with Gasteiger partial charge in [-0.1, -0.05) is 6.92 Å². The Morgan fingerprint density at radius 1 is 1.31 bits per heavy atom. The van der Waals surface area contributed by atoms with Gasteiger partial charge >= 0.3 is 5.97 Å². The van der Waals surface area contributed by atoms with Crippen LogP contribution in [0.3, 0.4) is 0 Å². The summed E-state index contributed by atoms with van der Waals surface area (Å²) in [6.07, 6.45) is 0. The number of hydrogen-bond donors (Lipinski definition) is 2. The maximum atomic E-state index is 11.1. The summed E-state index contributed by atoms with van der Waals surface area (Å²) in [6.45, 7) is 7.83. The van der Waals surface area contributed by atoms with Crippen LogP contribution in [0.1, 0.15) is 20.8 Å². The zero-order valence-corrected chi connectivity index (χ0v) is 12.7. The highest BCUT2D eigenvalue weighted by atomic mass is 127. The molecule has 0 aliphatic carbocycles. The van der Waals surface area contributed by atoms with Gasteiger partial charge in [0.15, 0.2) is 5.96 Å². The summed E-state index contributed by atoms with van der Waals surface area (Å²) < 4.78 is 4.62. The van der Waals surface area contributed by atoms with E-state index in [1.807, 2.05) is 13.8 Å². The summed E-state index contributed by atoms with van der Waals surface area (Å²) in [6, 6.07) is 0. The molecule has 0 aromatic heterocycles. The molecule has 0 heterocycles. The van der Waals surface area contributed by atoms with Crippen LogP contribution in [0, 0.1) is 5.92 Å². The molecule has 5 nitrogen and oxygen atoms in total. The lowest BCUT2D eigenvalue weighted by molar-refractivity contribution is -0.144. The van der Waals surface area contributed by atoms with Gasteiger partial charge in [0.2, 0.25) is 0 Å². The van der Waals surface area contributed by atoms with Gasteiger partial charge in [0.25, 0.3) is 0 Å². The van der Waals surface area contributed by atoms with Crippen molar-refractivity contribution in [1.29, 1.82) is 0 Å². The Hall–Kier alpha value is -0.530. The van der Waals surface area contributed by atoms with Gasteiger partial charge in [-0.15, -0.1) is 24.0 Å². The number of halogens is 1. The number of rotatable bonds is 5. The number of nitrogens with zero attached hydrogens (tertiary/aromatic N) is 1. The van der Waals surface area contributed by atoms with Gasteiger partial charge < -0.3 is 15.4 Å². The van der Waals surface area contributed by atoms with Crippen molar-refractivity contribution in [2.45, 2.75) is 20.8 Å². The minimum Gasteiger partial charge on any atom is -0.469 e. The third kappa shape index (κ3) is 7.72. The van der Waals surface area contributed by atoms with Crippen LogP contribution >= 0.6 is 24.0 Å². The highest BCUT2D eigenvalue weighted by Crippen LogP contribution is 1.97. The third-order valence-corrected chi connectivity index (χ3v) is 1.82. The zero-order chi connectivity index (χ0) is 11.7. The molecular formula is C10H22IN3O2. The highest BCUT2D eigenvalue weighted by molar-refractivity contribution is 14.0. The summed E-state index contributed by atoms with van der Waals surface area (Å²) in [5.74, 6) is 0.296. The first-order valence-corrected chi connectivity index (χ1v) is 5.25. The van der Waals surface area contributed by atoms with E-state index in [9.17, 15) is 4.79 Å². The Morgan fingerprint density at radius 3 is 2.19 bits per heavy atom. The second kappa shape index (κ2) is 11.0. The predicted octanol–water partition coefficient (Wildman–Crippen LogP) is 0.988. The minimum absolute atomic E-state index is 0. The van der Waals surface area contributed by atoms with Crippen LogP contribution in [0.15, 0.2) is 4.99 Å². The summed E-state index contributed by atoms with van der Waals surface area (Å²) in [5, 5.41) is 6.17. The van der Waals surface area contributed by atoms with Gasteiger partial charge in [-0.3, -0.25) is 9.79 Å². The topological polar surface area (TPSA) is 62.7 Å². The van der Waals surface area contributed by atoms with Gasteiger partial charge in [0.1, 0.15) is 0 Å². The summed E-state index contributed by atoms with van der Waals surface area (Å²) >= 11 is 0. The average molecular weight is 343 g/mol. The van der Waals surface area contributed by atoms with Crippen LogP contribution in [-0.4, -0.2) is 38.7 Å². The first kappa shape index (κ1) is 17.9. The lowest BCUT2D eigenvalue weighted by atomic mass is 10.2. The van der Waals surface area contributed by atoms with Gasteiger partial charge in [0.05, 0.1) is 19.6 Å². The molecule has 0 aliphatic heterocycles. The molecule has 0 spiro atoms. The van der Waals surface area contributed by atoms with Crippen molar-refractivity contribution >= 4 is 35.9 Å². The molecule has 0 saturated carbocycles. The molecule has 2 N–H and O–H groups in total. The second-order valence-corrected chi connectivity index (χ2v) is 3.17. The molecule has 0 bridgehead atoms. The quantitative estimate of drug-likeness (QED) is 0.338. The third-order valence-electron chi connectivity index (χ3n) is 1.82. The van der Waals surface area contributed by atoms with E-state index in [4.69, 9.17) is 0 Å². The van der Waals surface area contributed by atoms with Gasteiger partial charge in [0, 0.05) is 13.1 Å². The molecular weight excluding hydrogens is 321 g/mol. The van der Waals surface area contributed by atoms with Gasteiger partial charge in [-0.05, 0) is 13.8 Å². The van der Waals surface area contributed by atoms with Crippen molar-refractivity contribution in [2.75, 3.05) is 26.7 Å². The molecule has 1 atom stereocenters. The molecule has 16 heavy (non-hydrogen) atoms. The number of methoxy groups -OCH3 is 1. The Kier molecular flexibility index (Phi) is 12.2. The number of esters is 1. The van der Waals surface area contributed by atoms with E-state index in [-0.39, 0.29) is 35.9 Å². The Morgan fingerprint density at radius 2 is 1.81 bits per heavy atom. The summed E-state index contributed by atoms with van der Waals surface area (Å²) in [4.78, 5) is 15.4.